The fraction of sp³-hybridized carbons (Fsp3) is 0.190. The molecule has 9 heteroatoms. The van der Waals surface area contributed by atoms with Gasteiger partial charge in [-0.05, 0) is 30.7 Å². The summed E-state index contributed by atoms with van der Waals surface area (Å²) in [5, 5.41) is 1.92. The van der Waals surface area contributed by atoms with Gasteiger partial charge in [-0.1, -0.05) is 54.2 Å². The Kier molecular flexibility index (Phi) is 6.73. The predicted octanol–water partition coefficient (Wildman–Crippen LogP) is 3.20. The lowest BCUT2D eigenvalue weighted by atomic mass is 10.2. The summed E-state index contributed by atoms with van der Waals surface area (Å²) in [6, 6.07) is 14.9. The summed E-state index contributed by atoms with van der Waals surface area (Å²) in [6.45, 7) is 5.59. The molecule has 0 bridgehead atoms. The summed E-state index contributed by atoms with van der Waals surface area (Å²) in [5.74, 6) is -1.07. The summed E-state index contributed by atoms with van der Waals surface area (Å²) < 4.78 is 26.8. The molecule has 0 aromatic heterocycles. The van der Waals surface area contributed by atoms with Crippen LogP contribution >= 0.6 is 11.8 Å². The van der Waals surface area contributed by atoms with Crippen LogP contribution in [0.1, 0.15) is 12.0 Å². The second kappa shape index (κ2) is 9.27. The number of hydrogen-bond acceptors (Lipinski definition) is 6. The molecule has 2 amide bonds. The first-order valence-electron chi connectivity index (χ1n) is 9.16. The number of aryl methyl sites for hydroxylation is 1. The van der Waals surface area contributed by atoms with E-state index < -0.39 is 21.2 Å². The minimum Gasteiger partial charge on any atom is -0.326 e. The number of rotatable bonds is 7. The number of nitrogens with one attached hydrogen (secondary N) is 1. The Morgan fingerprint density at radius 2 is 1.87 bits per heavy atom. The molecule has 2 aromatic carbocycles. The Morgan fingerprint density at radius 3 is 2.53 bits per heavy atom. The Balaban J connectivity index is 1.84. The molecule has 0 radical (unpaired) electrons. The number of amides is 2. The standard InChI is InChI=1S/C21H21N3O4S2/c1-3-13-22-21-24(30(27,28)16-10-5-4-6-11-16)20(26)18(29-21)14-19(25)23-17-12-8-7-9-15(17)2/h3-12,18H,1,13-14H2,2H3,(H,23,25)/t18-/m0/s1. The third-order valence-corrected chi connectivity index (χ3v) is 7.32. The molecule has 156 valence electrons. The van der Waals surface area contributed by atoms with Gasteiger partial charge in [-0.2, -0.15) is 4.31 Å². The number of aliphatic imine (C=N–C) groups is 1. The normalized spacial score (nSPS) is 17.9. The number of thioether (sulfide) groups is 1. The summed E-state index contributed by atoms with van der Waals surface area (Å²) in [5.41, 5.74) is 1.53. The van der Waals surface area contributed by atoms with Gasteiger partial charge in [0.2, 0.25) is 5.91 Å². The molecule has 1 aliphatic heterocycles. The maximum atomic E-state index is 13.1. The topological polar surface area (TPSA) is 95.9 Å². The van der Waals surface area contributed by atoms with Crippen molar-refractivity contribution in [2.45, 2.75) is 23.5 Å². The van der Waals surface area contributed by atoms with Crippen molar-refractivity contribution in [3.05, 3.63) is 72.8 Å². The Morgan fingerprint density at radius 1 is 1.20 bits per heavy atom. The zero-order chi connectivity index (χ0) is 21.7. The highest BCUT2D eigenvalue weighted by Gasteiger charge is 2.46. The molecular weight excluding hydrogens is 422 g/mol. The highest BCUT2D eigenvalue weighted by atomic mass is 32.2. The van der Waals surface area contributed by atoms with E-state index in [0.717, 1.165) is 17.3 Å². The number of anilines is 1. The molecule has 3 rings (SSSR count). The number of hydrogen-bond donors (Lipinski definition) is 1. The van der Waals surface area contributed by atoms with E-state index in [1.54, 1.807) is 30.3 Å². The van der Waals surface area contributed by atoms with Gasteiger partial charge in [0.15, 0.2) is 5.17 Å². The van der Waals surface area contributed by atoms with Crippen molar-refractivity contribution in [3.63, 3.8) is 0 Å². The van der Waals surface area contributed by atoms with Crippen LogP contribution < -0.4 is 5.32 Å². The molecule has 1 saturated heterocycles. The first-order valence-corrected chi connectivity index (χ1v) is 11.5. The number of carbonyl (C=O) groups is 2. The second-order valence-electron chi connectivity index (χ2n) is 6.51. The average Bonchev–Trinajstić information content (AvgIpc) is 3.04. The van der Waals surface area contributed by atoms with Crippen molar-refractivity contribution < 1.29 is 18.0 Å². The molecule has 1 atom stereocenters. The summed E-state index contributed by atoms with van der Waals surface area (Å²) in [7, 11) is -4.14. The molecule has 0 saturated carbocycles. The molecule has 1 heterocycles. The van der Waals surface area contributed by atoms with Gasteiger partial charge in [0.25, 0.3) is 15.9 Å². The molecule has 1 fully saturated rings. The van der Waals surface area contributed by atoms with E-state index in [0.29, 0.717) is 9.99 Å². The van der Waals surface area contributed by atoms with Gasteiger partial charge in [-0.25, -0.2) is 8.42 Å². The second-order valence-corrected chi connectivity index (χ2v) is 9.46. The molecule has 0 spiro atoms. The van der Waals surface area contributed by atoms with E-state index in [1.165, 1.54) is 18.2 Å². The van der Waals surface area contributed by atoms with Crippen molar-refractivity contribution in [3.8, 4) is 0 Å². The average molecular weight is 444 g/mol. The van der Waals surface area contributed by atoms with E-state index in [4.69, 9.17) is 0 Å². The number of benzene rings is 2. The number of sulfonamides is 1. The molecule has 0 unspecified atom stereocenters. The lowest BCUT2D eigenvalue weighted by molar-refractivity contribution is -0.125. The van der Waals surface area contributed by atoms with Crippen molar-refractivity contribution in [1.29, 1.82) is 0 Å². The lowest BCUT2D eigenvalue weighted by Crippen LogP contribution is -2.38. The Hall–Kier alpha value is -2.91. The van der Waals surface area contributed by atoms with Gasteiger partial charge >= 0.3 is 0 Å². The van der Waals surface area contributed by atoms with Gasteiger partial charge in [0.05, 0.1) is 11.4 Å². The molecule has 30 heavy (non-hydrogen) atoms. The van der Waals surface area contributed by atoms with Crippen LogP contribution in [0.15, 0.2) is 77.1 Å². The van der Waals surface area contributed by atoms with E-state index in [2.05, 4.69) is 16.9 Å². The van der Waals surface area contributed by atoms with Crippen LogP contribution in [0.4, 0.5) is 5.69 Å². The fourth-order valence-electron chi connectivity index (χ4n) is 2.83. The molecule has 7 nitrogen and oxygen atoms in total. The first-order chi connectivity index (χ1) is 14.3. The Labute approximate surface area is 179 Å². The van der Waals surface area contributed by atoms with Gasteiger partial charge in [0, 0.05) is 12.1 Å². The highest BCUT2D eigenvalue weighted by molar-refractivity contribution is 8.17. The molecule has 1 N–H and O–H groups in total. The van der Waals surface area contributed by atoms with Crippen LogP contribution in [0, 0.1) is 6.92 Å². The third kappa shape index (κ3) is 4.63. The number of carbonyl (C=O) groups excluding carboxylic acids is 2. The van der Waals surface area contributed by atoms with Crippen LogP contribution in [-0.4, -0.2) is 41.5 Å². The number of nitrogens with zero attached hydrogens (tertiary/aromatic N) is 2. The predicted molar refractivity (Wildman–Crippen MR) is 119 cm³/mol. The van der Waals surface area contributed by atoms with Crippen molar-refractivity contribution in [2.75, 3.05) is 11.9 Å². The summed E-state index contributed by atoms with van der Waals surface area (Å²) in [4.78, 5) is 29.7. The maximum Gasteiger partial charge on any atom is 0.272 e. The smallest absolute Gasteiger partial charge is 0.272 e. The number of para-hydroxylation sites is 1. The summed E-state index contributed by atoms with van der Waals surface area (Å²) in [6.07, 6.45) is 1.33. The quantitative estimate of drug-likeness (QED) is 0.663. The minimum atomic E-state index is -4.14. The number of amidine groups is 1. The lowest BCUT2D eigenvalue weighted by Gasteiger charge is -2.16. The van der Waals surface area contributed by atoms with Gasteiger partial charge in [0.1, 0.15) is 5.25 Å². The van der Waals surface area contributed by atoms with Gasteiger partial charge < -0.3 is 5.32 Å². The van der Waals surface area contributed by atoms with Crippen LogP contribution in [-0.2, 0) is 19.6 Å². The van der Waals surface area contributed by atoms with Crippen LogP contribution in [0.25, 0.3) is 0 Å². The van der Waals surface area contributed by atoms with E-state index in [9.17, 15) is 18.0 Å². The highest BCUT2D eigenvalue weighted by Crippen LogP contribution is 2.34. The molecule has 1 aliphatic rings. The maximum absolute atomic E-state index is 13.1. The van der Waals surface area contributed by atoms with Crippen molar-refractivity contribution in [1.82, 2.24) is 4.31 Å². The Bertz CT molecular complexity index is 1100. The fourth-order valence-corrected chi connectivity index (χ4v) is 5.69. The zero-order valence-electron chi connectivity index (χ0n) is 16.3. The largest absolute Gasteiger partial charge is 0.326 e. The van der Waals surface area contributed by atoms with Gasteiger partial charge in [-0.15, -0.1) is 6.58 Å². The van der Waals surface area contributed by atoms with Crippen molar-refractivity contribution >= 4 is 44.5 Å². The van der Waals surface area contributed by atoms with Crippen LogP contribution in [0.2, 0.25) is 0 Å². The van der Waals surface area contributed by atoms with E-state index >= 15 is 0 Å². The van der Waals surface area contributed by atoms with Gasteiger partial charge in [-0.3, -0.25) is 14.6 Å². The zero-order valence-corrected chi connectivity index (χ0v) is 17.9. The van der Waals surface area contributed by atoms with E-state index in [1.807, 2.05) is 19.1 Å². The minimum absolute atomic E-state index is 0.0183. The molecular formula is C21H21N3O4S2. The molecule has 0 aliphatic carbocycles. The van der Waals surface area contributed by atoms with E-state index in [-0.39, 0.29) is 28.9 Å². The summed E-state index contributed by atoms with van der Waals surface area (Å²) >= 11 is 0.970. The monoisotopic (exact) mass is 443 g/mol. The SMILES string of the molecule is C=CCN=C1S[C@@H](CC(=O)Nc2ccccc2C)C(=O)N1S(=O)(=O)c1ccccc1. The van der Waals surface area contributed by atoms with Crippen LogP contribution in [0.5, 0.6) is 0 Å². The molecule has 2 aromatic rings. The first kappa shape index (κ1) is 21.8. The van der Waals surface area contributed by atoms with Crippen molar-refractivity contribution in [2.24, 2.45) is 4.99 Å². The third-order valence-electron chi connectivity index (χ3n) is 4.32. The van der Waals surface area contributed by atoms with Crippen LogP contribution in [0.3, 0.4) is 0 Å².